The van der Waals surface area contributed by atoms with Crippen LogP contribution in [0.3, 0.4) is 0 Å². The first kappa shape index (κ1) is 9.63. The summed E-state index contributed by atoms with van der Waals surface area (Å²) in [5.74, 6) is 0. The highest BCUT2D eigenvalue weighted by Crippen LogP contribution is 2.28. The van der Waals surface area contributed by atoms with Crippen molar-refractivity contribution in [1.82, 2.24) is 25.1 Å². The molecule has 0 spiro atoms. The number of aromatic nitrogens is 4. The monoisotopic (exact) mass is 227 g/mol. The standard InChI is InChI=1S/C7H9N5S2/c1-4-6(14-12-9-4)7-11-10-5(13-7)3-8-2/h8H,3H2,1-2H3. The molecule has 5 nitrogen and oxygen atoms in total. The normalized spacial score (nSPS) is 10.7. The molecule has 0 radical (unpaired) electrons. The number of rotatable bonds is 3. The van der Waals surface area contributed by atoms with Crippen LogP contribution in [0.4, 0.5) is 0 Å². The van der Waals surface area contributed by atoms with E-state index in [-0.39, 0.29) is 0 Å². The van der Waals surface area contributed by atoms with Crippen LogP contribution >= 0.6 is 22.9 Å². The van der Waals surface area contributed by atoms with Gasteiger partial charge in [-0.05, 0) is 25.5 Å². The Morgan fingerprint density at radius 3 is 2.79 bits per heavy atom. The Labute approximate surface area is 89.4 Å². The lowest BCUT2D eigenvalue weighted by Gasteiger charge is -1.88. The molecular formula is C7H9N5S2. The predicted molar refractivity (Wildman–Crippen MR) is 56.3 cm³/mol. The van der Waals surface area contributed by atoms with E-state index in [4.69, 9.17) is 0 Å². The van der Waals surface area contributed by atoms with Crippen LogP contribution in [-0.4, -0.2) is 26.8 Å². The third-order valence-corrected chi connectivity index (χ3v) is 3.55. The van der Waals surface area contributed by atoms with Gasteiger partial charge < -0.3 is 5.32 Å². The molecule has 0 atom stereocenters. The van der Waals surface area contributed by atoms with Gasteiger partial charge in [0.15, 0.2) is 5.01 Å². The van der Waals surface area contributed by atoms with Crippen molar-refractivity contribution in [3.63, 3.8) is 0 Å². The van der Waals surface area contributed by atoms with Gasteiger partial charge in [-0.3, -0.25) is 0 Å². The average Bonchev–Trinajstić information content (AvgIpc) is 2.74. The molecule has 0 fully saturated rings. The molecule has 14 heavy (non-hydrogen) atoms. The molecule has 1 N–H and O–H groups in total. The molecule has 2 aromatic rings. The van der Waals surface area contributed by atoms with Gasteiger partial charge in [0.1, 0.15) is 9.88 Å². The Bertz CT molecular complexity index is 421. The maximum absolute atomic E-state index is 4.10. The SMILES string of the molecule is CNCc1nnc(-c2snnc2C)s1. The van der Waals surface area contributed by atoms with E-state index in [0.717, 1.165) is 27.1 Å². The van der Waals surface area contributed by atoms with E-state index in [1.54, 1.807) is 11.3 Å². The summed E-state index contributed by atoms with van der Waals surface area (Å²) >= 11 is 2.94. The molecule has 0 aliphatic carbocycles. The molecule has 0 bridgehead atoms. The van der Waals surface area contributed by atoms with E-state index in [1.165, 1.54) is 11.5 Å². The number of aryl methyl sites for hydroxylation is 1. The fraction of sp³-hybridized carbons (Fsp3) is 0.429. The quantitative estimate of drug-likeness (QED) is 0.850. The predicted octanol–water partition coefficient (Wildman–Crippen LogP) is 1.08. The molecular weight excluding hydrogens is 218 g/mol. The molecule has 2 aromatic heterocycles. The summed E-state index contributed by atoms with van der Waals surface area (Å²) in [6, 6.07) is 0. The second-order valence-corrected chi connectivity index (χ2v) is 4.53. The summed E-state index contributed by atoms with van der Waals surface area (Å²) in [6.07, 6.45) is 0. The van der Waals surface area contributed by atoms with Gasteiger partial charge in [-0.1, -0.05) is 15.8 Å². The summed E-state index contributed by atoms with van der Waals surface area (Å²) < 4.78 is 3.87. The Hall–Kier alpha value is -0.920. The van der Waals surface area contributed by atoms with Crippen LogP contribution < -0.4 is 5.32 Å². The number of hydrogen-bond acceptors (Lipinski definition) is 7. The van der Waals surface area contributed by atoms with E-state index in [2.05, 4.69) is 25.1 Å². The van der Waals surface area contributed by atoms with E-state index >= 15 is 0 Å². The fourth-order valence-electron chi connectivity index (χ4n) is 0.996. The van der Waals surface area contributed by atoms with E-state index in [9.17, 15) is 0 Å². The highest BCUT2D eigenvalue weighted by molar-refractivity contribution is 7.19. The Morgan fingerprint density at radius 2 is 2.14 bits per heavy atom. The first-order valence-corrected chi connectivity index (χ1v) is 5.66. The van der Waals surface area contributed by atoms with Gasteiger partial charge in [0, 0.05) is 6.54 Å². The Morgan fingerprint density at radius 1 is 1.29 bits per heavy atom. The van der Waals surface area contributed by atoms with Crippen molar-refractivity contribution in [3.05, 3.63) is 10.7 Å². The van der Waals surface area contributed by atoms with Crippen LogP contribution in [-0.2, 0) is 6.54 Å². The van der Waals surface area contributed by atoms with E-state index < -0.39 is 0 Å². The average molecular weight is 227 g/mol. The first-order chi connectivity index (χ1) is 6.81. The topological polar surface area (TPSA) is 63.6 Å². The Kier molecular flexibility index (Phi) is 2.80. The molecule has 0 saturated carbocycles. The molecule has 0 saturated heterocycles. The second kappa shape index (κ2) is 4.07. The van der Waals surface area contributed by atoms with Crippen LogP contribution in [0.2, 0.25) is 0 Å². The molecule has 0 aromatic carbocycles. The van der Waals surface area contributed by atoms with Crippen LogP contribution in [0.25, 0.3) is 9.88 Å². The van der Waals surface area contributed by atoms with Crippen molar-refractivity contribution < 1.29 is 0 Å². The molecule has 74 valence electrons. The van der Waals surface area contributed by atoms with E-state index in [1.807, 2.05) is 14.0 Å². The van der Waals surface area contributed by atoms with Crippen LogP contribution in [0, 0.1) is 6.92 Å². The maximum atomic E-state index is 4.10. The van der Waals surface area contributed by atoms with Crippen LogP contribution in [0.5, 0.6) is 0 Å². The number of nitrogens with zero attached hydrogens (tertiary/aromatic N) is 4. The minimum absolute atomic E-state index is 0.753. The van der Waals surface area contributed by atoms with Gasteiger partial charge in [-0.2, -0.15) is 0 Å². The smallest absolute Gasteiger partial charge is 0.161 e. The zero-order valence-corrected chi connectivity index (χ0v) is 9.45. The summed E-state index contributed by atoms with van der Waals surface area (Å²) in [5, 5.41) is 17.0. The zero-order chi connectivity index (χ0) is 9.97. The number of nitrogens with one attached hydrogen (secondary N) is 1. The molecule has 0 aliphatic rings. The lowest BCUT2D eigenvalue weighted by atomic mass is 10.4. The van der Waals surface area contributed by atoms with Crippen molar-refractivity contribution in [3.8, 4) is 9.88 Å². The minimum Gasteiger partial charge on any atom is -0.313 e. The minimum atomic E-state index is 0.753. The Balaban J connectivity index is 2.29. The number of hydrogen-bond donors (Lipinski definition) is 1. The van der Waals surface area contributed by atoms with Gasteiger partial charge in [0.05, 0.1) is 5.69 Å². The van der Waals surface area contributed by atoms with Gasteiger partial charge >= 0.3 is 0 Å². The van der Waals surface area contributed by atoms with Crippen LogP contribution in [0.1, 0.15) is 10.7 Å². The van der Waals surface area contributed by atoms with Crippen molar-refractivity contribution in [2.45, 2.75) is 13.5 Å². The molecule has 2 heterocycles. The fourth-order valence-corrected chi connectivity index (χ4v) is 2.61. The summed E-state index contributed by atoms with van der Waals surface area (Å²) in [5.41, 5.74) is 0.919. The summed E-state index contributed by atoms with van der Waals surface area (Å²) in [6.45, 7) is 2.68. The molecule has 0 aliphatic heterocycles. The highest BCUT2D eigenvalue weighted by Gasteiger charge is 2.11. The van der Waals surface area contributed by atoms with Crippen molar-refractivity contribution in [2.75, 3.05) is 7.05 Å². The van der Waals surface area contributed by atoms with Gasteiger partial charge in [0.25, 0.3) is 0 Å². The van der Waals surface area contributed by atoms with Gasteiger partial charge in [-0.25, -0.2) is 0 Å². The third kappa shape index (κ3) is 1.79. The van der Waals surface area contributed by atoms with Crippen LogP contribution in [0.15, 0.2) is 0 Å². The molecule has 0 amide bonds. The van der Waals surface area contributed by atoms with Gasteiger partial charge in [-0.15, -0.1) is 15.3 Å². The maximum Gasteiger partial charge on any atom is 0.161 e. The zero-order valence-electron chi connectivity index (χ0n) is 7.81. The van der Waals surface area contributed by atoms with Gasteiger partial charge in [0.2, 0.25) is 0 Å². The summed E-state index contributed by atoms with van der Waals surface area (Å²) in [7, 11) is 1.89. The highest BCUT2D eigenvalue weighted by atomic mass is 32.1. The third-order valence-electron chi connectivity index (χ3n) is 1.64. The summed E-state index contributed by atoms with van der Waals surface area (Å²) in [4.78, 5) is 1.02. The molecule has 7 heteroatoms. The largest absolute Gasteiger partial charge is 0.313 e. The first-order valence-electron chi connectivity index (χ1n) is 4.07. The van der Waals surface area contributed by atoms with Crippen molar-refractivity contribution in [2.24, 2.45) is 0 Å². The molecule has 2 rings (SSSR count). The lowest BCUT2D eigenvalue weighted by Crippen LogP contribution is -2.04. The van der Waals surface area contributed by atoms with Crippen molar-refractivity contribution in [1.29, 1.82) is 0 Å². The molecule has 0 unspecified atom stereocenters. The lowest BCUT2D eigenvalue weighted by molar-refractivity contribution is 0.795. The van der Waals surface area contributed by atoms with Crippen molar-refractivity contribution >= 4 is 22.9 Å². The second-order valence-electron chi connectivity index (χ2n) is 2.72. The van der Waals surface area contributed by atoms with E-state index in [0.29, 0.717) is 0 Å².